The van der Waals surface area contributed by atoms with Gasteiger partial charge in [-0.05, 0) is 31.1 Å². The number of hydrogen-bond donors (Lipinski definition) is 1. The Balaban J connectivity index is 1.96. The molecule has 0 saturated carbocycles. The van der Waals surface area contributed by atoms with Gasteiger partial charge in [0.05, 0.1) is 12.2 Å². The van der Waals surface area contributed by atoms with Crippen LogP contribution in [0.15, 0.2) is 0 Å². The molecular formula is C20H40O2. The highest BCUT2D eigenvalue weighted by Crippen LogP contribution is 2.40. The Hall–Kier alpha value is -0.0800. The van der Waals surface area contributed by atoms with Gasteiger partial charge in [-0.2, -0.15) is 0 Å². The first kappa shape index (κ1) is 20.0. The Bertz CT molecular complexity index is 289. The molecule has 4 atom stereocenters. The zero-order valence-corrected chi connectivity index (χ0v) is 15.7. The second kappa shape index (κ2) is 9.93. The maximum atomic E-state index is 9.09. The van der Waals surface area contributed by atoms with Gasteiger partial charge in [-0.15, -0.1) is 0 Å². The number of ether oxygens (including phenoxy) is 1. The average molecular weight is 313 g/mol. The maximum absolute atomic E-state index is 9.09. The fourth-order valence-corrected chi connectivity index (χ4v) is 3.52. The predicted octanol–water partition coefficient (Wildman–Crippen LogP) is 5.58. The first-order chi connectivity index (χ1) is 10.4. The van der Waals surface area contributed by atoms with E-state index in [0.29, 0.717) is 0 Å². The van der Waals surface area contributed by atoms with Crippen LogP contribution in [0.2, 0.25) is 0 Å². The van der Waals surface area contributed by atoms with Gasteiger partial charge in [-0.3, -0.25) is 0 Å². The molecule has 2 heteroatoms. The molecule has 1 unspecified atom stereocenters. The standard InChI is InChI=1S/C20H40O2/c1-16(2)9-6-10-17(3)11-7-12-18(4)13-8-14-20(5)19(15-21)22-20/h16-19,21H,6-15H2,1-5H3/t17-,18-,19?,20-/m1/s1. The summed E-state index contributed by atoms with van der Waals surface area (Å²) in [5, 5.41) is 9.09. The van der Waals surface area contributed by atoms with E-state index in [9.17, 15) is 0 Å². The first-order valence-electron chi connectivity index (χ1n) is 9.66. The summed E-state index contributed by atoms with van der Waals surface area (Å²) in [5.74, 6) is 2.59. The number of epoxide rings is 1. The summed E-state index contributed by atoms with van der Waals surface area (Å²) >= 11 is 0. The molecule has 0 spiro atoms. The van der Waals surface area contributed by atoms with Crippen LogP contribution in [0.1, 0.15) is 92.4 Å². The summed E-state index contributed by atoms with van der Waals surface area (Å²) in [7, 11) is 0. The molecular weight excluding hydrogens is 272 g/mol. The van der Waals surface area contributed by atoms with Crippen LogP contribution in [0.3, 0.4) is 0 Å². The fourth-order valence-electron chi connectivity index (χ4n) is 3.52. The maximum Gasteiger partial charge on any atom is 0.110 e. The minimum absolute atomic E-state index is 0.0145. The molecule has 1 saturated heterocycles. The Kier molecular flexibility index (Phi) is 9.01. The zero-order chi connectivity index (χ0) is 16.6. The fraction of sp³-hybridized carbons (Fsp3) is 1.00. The van der Waals surface area contributed by atoms with Gasteiger partial charge >= 0.3 is 0 Å². The summed E-state index contributed by atoms with van der Waals surface area (Å²) in [6, 6.07) is 0. The average Bonchev–Trinajstić information content (AvgIpc) is 3.09. The number of aliphatic hydroxyl groups is 1. The normalized spacial score (nSPS) is 27.1. The Morgan fingerprint density at radius 3 is 1.82 bits per heavy atom. The van der Waals surface area contributed by atoms with Crippen molar-refractivity contribution in [3.05, 3.63) is 0 Å². The lowest BCUT2D eigenvalue weighted by Crippen LogP contribution is -2.12. The third-order valence-electron chi connectivity index (χ3n) is 5.44. The van der Waals surface area contributed by atoms with E-state index in [1.807, 2.05) is 0 Å². The van der Waals surface area contributed by atoms with Gasteiger partial charge in [-0.1, -0.05) is 79.1 Å². The minimum Gasteiger partial charge on any atom is -0.394 e. The van der Waals surface area contributed by atoms with E-state index in [2.05, 4.69) is 34.6 Å². The largest absolute Gasteiger partial charge is 0.394 e. The van der Waals surface area contributed by atoms with Crippen LogP contribution in [0.4, 0.5) is 0 Å². The van der Waals surface area contributed by atoms with E-state index >= 15 is 0 Å². The Morgan fingerprint density at radius 2 is 1.36 bits per heavy atom. The van der Waals surface area contributed by atoms with Crippen LogP contribution < -0.4 is 0 Å². The Morgan fingerprint density at radius 1 is 0.864 bits per heavy atom. The van der Waals surface area contributed by atoms with Gasteiger partial charge in [0.15, 0.2) is 0 Å². The number of aliphatic hydroxyl groups excluding tert-OH is 1. The topological polar surface area (TPSA) is 32.8 Å². The Labute approximate surface area is 139 Å². The lowest BCUT2D eigenvalue weighted by Gasteiger charge is -2.15. The van der Waals surface area contributed by atoms with E-state index in [-0.39, 0.29) is 18.3 Å². The molecule has 1 N–H and O–H groups in total. The number of hydrogen-bond acceptors (Lipinski definition) is 2. The van der Waals surface area contributed by atoms with Crippen molar-refractivity contribution in [2.24, 2.45) is 17.8 Å². The molecule has 0 radical (unpaired) electrons. The van der Waals surface area contributed by atoms with Crippen molar-refractivity contribution in [3.8, 4) is 0 Å². The molecule has 0 bridgehead atoms. The molecule has 1 rings (SSSR count). The van der Waals surface area contributed by atoms with Crippen LogP contribution >= 0.6 is 0 Å². The van der Waals surface area contributed by atoms with Gasteiger partial charge < -0.3 is 9.84 Å². The first-order valence-corrected chi connectivity index (χ1v) is 9.66. The van der Waals surface area contributed by atoms with Crippen LogP contribution in [0.5, 0.6) is 0 Å². The summed E-state index contributed by atoms with van der Waals surface area (Å²) in [6.45, 7) is 11.8. The van der Waals surface area contributed by atoms with Crippen molar-refractivity contribution in [1.82, 2.24) is 0 Å². The SMILES string of the molecule is CC(C)CCC[C@@H](C)CCC[C@@H](C)CCC[C@@]1(C)OC1CO. The smallest absolute Gasteiger partial charge is 0.110 e. The van der Waals surface area contributed by atoms with Gasteiger partial charge in [0, 0.05) is 0 Å². The highest BCUT2D eigenvalue weighted by atomic mass is 16.6. The van der Waals surface area contributed by atoms with Crippen molar-refractivity contribution in [2.75, 3.05) is 6.61 Å². The highest BCUT2D eigenvalue weighted by molar-refractivity contribution is 4.98. The van der Waals surface area contributed by atoms with E-state index in [1.54, 1.807) is 0 Å². The summed E-state index contributed by atoms with van der Waals surface area (Å²) < 4.78 is 5.55. The molecule has 0 aromatic rings. The van der Waals surface area contributed by atoms with Gasteiger partial charge in [0.25, 0.3) is 0 Å². The van der Waals surface area contributed by atoms with Gasteiger partial charge in [0.2, 0.25) is 0 Å². The lowest BCUT2D eigenvalue weighted by atomic mass is 9.90. The molecule has 22 heavy (non-hydrogen) atoms. The second-order valence-electron chi connectivity index (χ2n) is 8.46. The molecule has 1 aliphatic heterocycles. The van der Waals surface area contributed by atoms with Crippen LogP contribution in [-0.4, -0.2) is 23.4 Å². The second-order valence-corrected chi connectivity index (χ2v) is 8.46. The monoisotopic (exact) mass is 312 g/mol. The molecule has 0 aliphatic carbocycles. The molecule has 132 valence electrons. The molecule has 0 aromatic carbocycles. The van der Waals surface area contributed by atoms with E-state index in [1.165, 1.54) is 51.4 Å². The summed E-state index contributed by atoms with van der Waals surface area (Å²) in [6.07, 6.45) is 12.1. The van der Waals surface area contributed by atoms with Crippen molar-refractivity contribution in [1.29, 1.82) is 0 Å². The van der Waals surface area contributed by atoms with E-state index < -0.39 is 0 Å². The van der Waals surface area contributed by atoms with Crippen LogP contribution in [-0.2, 0) is 4.74 Å². The molecule has 0 aromatic heterocycles. The molecule has 1 fully saturated rings. The molecule has 1 heterocycles. The predicted molar refractivity (Wildman–Crippen MR) is 95.1 cm³/mol. The quantitative estimate of drug-likeness (QED) is 0.451. The van der Waals surface area contributed by atoms with Crippen molar-refractivity contribution < 1.29 is 9.84 Å². The summed E-state index contributed by atoms with van der Waals surface area (Å²) in [4.78, 5) is 0. The van der Waals surface area contributed by atoms with Crippen molar-refractivity contribution in [2.45, 2.75) is 104 Å². The lowest BCUT2D eigenvalue weighted by molar-refractivity contribution is 0.234. The highest BCUT2D eigenvalue weighted by Gasteiger charge is 2.50. The minimum atomic E-state index is -0.0145. The molecule has 2 nitrogen and oxygen atoms in total. The van der Waals surface area contributed by atoms with Crippen molar-refractivity contribution >= 4 is 0 Å². The zero-order valence-electron chi connectivity index (χ0n) is 15.7. The third kappa shape index (κ3) is 7.97. The molecule has 1 aliphatic rings. The number of rotatable bonds is 13. The van der Waals surface area contributed by atoms with Crippen LogP contribution in [0.25, 0.3) is 0 Å². The van der Waals surface area contributed by atoms with Crippen molar-refractivity contribution in [3.63, 3.8) is 0 Å². The molecule has 0 amide bonds. The van der Waals surface area contributed by atoms with Gasteiger partial charge in [-0.25, -0.2) is 0 Å². The third-order valence-corrected chi connectivity index (χ3v) is 5.44. The van der Waals surface area contributed by atoms with Gasteiger partial charge in [0.1, 0.15) is 6.10 Å². The summed E-state index contributed by atoms with van der Waals surface area (Å²) in [5.41, 5.74) is -0.0145. The van der Waals surface area contributed by atoms with Crippen LogP contribution in [0, 0.1) is 17.8 Å². The van der Waals surface area contributed by atoms with E-state index in [0.717, 1.165) is 24.2 Å². The van der Waals surface area contributed by atoms with E-state index in [4.69, 9.17) is 9.84 Å².